The van der Waals surface area contributed by atoms with E-state index in [2.05, 4.69) is 15.9 Å². The second-order valence-electron chi connectivity index (χ2n) is 3.80. The lowest BCUT2D eigenvalue weighted by atomic mass is 10.1. The molecule has 0 saturated heterocycles. The molecule has 1 aromatic carbocycles. The lowest BCUT2D eigenvalue weighted by Gasteiger charge is -2.14. The molecule has 0 aliphatic carbocycles. The number of nitrogens with two attached hydrogens (primary N) is 1. The van der Waals surface area contributed by atoms with E-state index < -0.39 is 0 Å². The van der Waals surface area contributed by atoms with Gasteiger partial charge in [-0.15, -0.1) is 0 Å². The van der Waals surface area contributed by atoms with Gasteiger partial charge in [0.2, 0.25) is 0 Å². The Hall–Kier alpha value is -0.610. The second-order valence-corrected chi connectivity index (χ2v) is 4.65. The number of halogens is 2. The molecule has 0 aromatic heterocycles. The van der Waals surface area contributed by atoms with Gasteiger partial charge in [0.25, 0.3) is 0 Å². The highest BCUT2D eigenvalue weighted by Gasteiger charge is 2.09. The number of ether oxygens (including phenoxy) is 1. The van der Waals surface area contributed by atoms with Crippen LogP contribution in [0.15, 0.2) is 22.7 Å². The predicted molar refractivity (Wildman–Crippen MR) is 67.6 cm³/mol. The van der Waals surface area contributed by atoms with Crippen molar-refractivity contribution in [2.24, 2.45) is 5.73 Å². The van der Waals surface area contributed by atoms with Crippen molar-refractivity contribution >= 4 is 15.9 Å². The third-order valence-electron chi connectivity index (χ3n) is 2.11. The van der Waals surface area contributed by atoms with Gasteiger partial charge in [0, 0.05) is 12.5 Å². The fraction of sp³-hybridized carbons (Fsp3) is 0.500. The van der Waals surface area contributed by atoms with Gasteiger partial charge < -0.3 is 10.5 Å². The van der Waals surface area contributed by atoms with Crippen molar-refractivity contribution in [1.82, 2.24) is 0 Å². The Labute approximate surface area is 104 Å². The van der Waals surface area contributed by atoms with Crippen LogP contribution < -0.4 is 10.5 Å². The van der Waals surface area contributed by atoms with Gasteiger partial charge in [-0.25, -0.2) is 0 Å². The molecule has 0 spiro atoms. The Morgan fingerprint density at radius 2 is 2.25 bits per heavy atom. The van der Waals surface area contributed by atoms with E-state index in [1.165, 1.54) is 0 Å². The molecule has 16 heavy (non-hydrogen) atoms. The lowest BCUT2D eigenvalue weighted by Crippen LogP contribution is -2.18. The van der Waals surface area contributed by atoms with Crippen molar-refractivity contribution in [3.8, 4) is 5.75 Å². The van der Waals surface area contributed by atoms with E-state index >= 15 is 0 Å². The van der Waals surface area contributed by atoms with Gasteiger partial charge in [-0.05, 0) is 40.9 Å². The second kappa shape index (κ2) is 6.86. The summed E-state index contributed by atoms with van der Waals surface area (Å²) >= 11 is 3.43. The van der Waals surface area contributed by atoms with Gasteiger partial charge in [0.1, 0.15) is 5.75 Å². The Balaban J connectivity index is 2.77. The molecule has 0 radical (unpaired) electrons. The zero-order valence-corrected chi connectivity index (χ0v) is 11.0. The maximum Gasteiger partial charge on any atom is 0.136 e. The summed E-state index contributed by atoms with van der Waals surface area (Å²) in [6.45, 7) is 1.99. The molecular formula is C12H17BrFNO. The van der Waals surface area contributed by atoms with E-state index in [9.17, 15) is 4.39 Å². The molecule has 1 atom stereocenters. The van der Waals surface area contributed by atoms with Crippen molar-refractivity contribution < 1.29 is 9.13 Å². The molecule has 4 heteroatoms. The van der Waals surface area contributed by atoms with Crippen LogP contribution in [0.25, 0.3) is 0 Å². The molecule has 0 amide bonds. The van der Waals surface area contributed by atoms with E-state index in [0.717, 1.165) is 22.2 Å². The summed E-state index contributed by atoms with van der Waals surface area (Å²) in [5.41, 5.74) is 6.83. The minimum atomic E-state index is -0.354. The number of hydrogen-bond acceptors (Lipinski definition) is 2. The highest BCUT2D eigenvalue weighted by atomic mass is 79.9. The maximum absolute atomic E-state index is 12.0. The standard InChI is InChI=1S/C12H17BrFNO/c1-9(15)8-10-4-2-5-11(13)12(10)16-7-3-6-14/h2,4-5,9H,3,6-8,15H2,1H3. The fourth-order valence-electron chi connectivity index (χ4n) is 1.45. The average molecular weight is 290 g/mol. The van der Waals surface area contributed by atoms with Gasteiger partial charge in [0.15, 0.2) is 0 Å². The molecule has 0 aliphatic heterocycles. The molecule has 0 fully saturated rings. The first-order chi connectivity index (χ1) is 7.65. The van der Waals surface area contributed by atoms with E-state index in [1.54, 1.807) is 0 Å². The van der Waals surface area contributed by atoms with Crippen LogP contribution in [0.2, 0.25) is 0 Å². The van der Waals surface area contributed by atoms with Crippen molar-refractivity contribution in [3.63, 3.8) is 0 Å². The van der Waals surface area contributed by atoms with E-state index in [1.807, 2.05) is 25.1 Å². The maximum atomic E-state index is 12.0. The summed E-state index contributed by atoms with van der Waals surface area (Å²) in [6, 6.07) is 5.93. The van der Waals surface area contributed by atoms with Crippen LogP contribution in [0, 0.1) is 0 Å². The van der Waals surface area contributed by atoms with Crippen molar-refractivity contribution in [1.29, 1.82) is 0 Å². The first-order valence-electron chi connectivity index (χ1n) is 5.37. The Kier molecular flexibility index (Phi) is 5.77. The summed E-state index contributed by atoms with van der Waals surface area (Å²) in [4.78, 5) is 0. The van der Waals surface area contributed by atoms with Crippen LogP contribution in [0.5, 0.6) is 5.75 Å². The summed E-state index contributed by atoms with van der Waals surface area (Å²) in [7, 11) is 0. The predicted octanol–water partition coefficient (Wildman–Crippen LogP) is 3.08. The molecule has 0 bridgehead atoms. The van der Waals surface area contributed by atoms with Crippen molar-refractivity contribution in [3.05, 3.63) is 28.2 Å². The van der Waals surface area contributed by atoms with Crippen molar-refractivity contribution in [2.75, 3.05) is 13.3 Å². The monoisotopic (exact) mass is 289 g/mol. The Bertz CT molecular complexity index is 331. The molecule has 2 nitrogen and oxygen atoms in total. The van der Waals surface area contributed by atoms with Crippen LogP contribution in [0.1, 0.15) is 18.9 Å². The first kappa shape index (κ1) is 13.5. The quantitative estimate of drug-likeness (QED) is 0.817. The minimum Gasteiger partial charge on any atom is -0.492 e. The smallest absolute Gasteiger partial charge is 0.136 e. The summed E-state index contributed by atoms with van der Waals surface area (Å²) in [6.07, 6.45) is 1.17. The average Bonchev–Trinajstić information content (AvgIpc) is 2.21. The highest BCUT2D eigenvalue weighted by molar-refractivity contribution is 9.10. The third-order valence-corrected chi connectivity index (χ3v) is 2.74. The van der Waals surface area contributed by atoms with Gasteiger partial charge in [-0.3, -0.25) is 4.39 Å². The molecule has 2 N–H and O–H groups in total. The number of rotatable bonds is 6. The molecule has 1 aromatic rings. The lowest BCUT2D eigenvalue weighted by molar-refractivity contribution is 0.285. The Morgan fingerprint density at radius 3 is 2.88 bits per heavy atom. The fourth-order valence-corrected chi connectivity index (χ4v) is 1.97. The summed E-state index contributed by atoms with van der Waals surface area (Å²) in [5, 5.41) is 0. The molecule has 0 saturated carbocycles. The van der Waals surface area contributed by atoms with Crippen LogP contribution in [-0.4, -0.2) is 19.3 Å². The minimum absolute atomic E-state index is 0.0813. The third kappa shape index (κ3) is 4.10. The normalized spacial score (nSPS) is 12.5. The molecule has 1 unspecified atom stereocenters. The largest absolute Gasteiger partial charge is 0.492 e. The number of benzene rings is 1. The van der Waals surface area contributed by atoms with Gasteiger partial charge in [-0.1, -0.05) is 12.1 Å². The van der Waals surface area contributed by atoms with Gasteiger partial charge in [-0.2, -0.15) is 0 Å². The molecule has 0 aliphatic rings. The van der Waals surface area contributed by atoms with Crippen molar-refractivity contribution in [2.45, 2.75) is 25.8 Å². The van der Waals surface area contributed by atoms with Gasteiger partial charge >= 0.3 is 0 Å². The van der Waals surface area contributed by atoms with E-state index in [4.69, 9.17) is 10.5 Å². The van der Waals surface area contributed by atoms with Crippen LogP contribution >= 0.6 is 15.9 Å². The number of alkyl halides is 1. The first-order valence-corrected chi connectivity index (χ1v) is 6.16. The molecule has 1 rings (SSSR count). The zero-order chi connectivity index (χ0) is 12.0. The number of para-hydroxylation sites is 1. The summed E-state index contributed by atoms with van der Waals surface area (Å²) in [5.74, 6) is 0.785. The van der Waals surface area contributed by atoms with E-state index in [-0.39, 0.29) is 12.7 Å². The molecular weight excluding hydrogens is 273 g/mol. The Morgan fingerprint density at radius 1 is 1.50 bits per heavy atom. The topological polar surface area (TPSA) is 35.2 Å². The number of hydrogen-bond donors (Lipinski definition) is 1. The van der Waals surface area contributed by atoms with E-state index in [0.29, 0.717) is 13.0 Å². The zero-order valence-electron chi connectivity index (χ0n) is 9.38. The molecule has 0 heterocycles. The summed E-state index contributed by atoms with van der Waals surface area (Å²) < 4.78 is 18.5. The van der Waals surface area contributed by atoms with Crippen LogP contribution in [0.3, 0.4) is 0 Å². The highest BCUT2D eigenvalue weighted by Crippen LogP contribution is 2.29. The molecule has 90 valence electrons. The van der Waals surface area contributed by atoms with Crippen LogP contribution in [-0.2, 0) is 6.42 Å². The van der Waals surface area contributed by atoms with Gasteiger partial charge in [0.05, 0.1) is 17.8 Å². The van der Waals surface area contributed by atoms with Crippen LogP contribution in [0.4, 0.5) is 4.39 Å². The SMILES string of the molecule is CC(N)Cc1cccc(Br)c1OCCCF.